The van der Waals surface area contributed by atoms with Crippen molar-refractivity contribution in [3.05, 3.63) is 30.3 Å². The second-order valence-corrected chi connectivity index (χ2v) is 12.2. The molecule has 1 rings (SSSR count). The van der Waals surface area contributed by atoms with Gasteiger partial charge in [-0.2, -0.15) is 0 Å². The van der Waals surface area contributed by atoms with E-state index in [9.17, 15) is 0 Å². The number of hydrogen-bond acceptors (Lipinski definition) is 1. The molecule has 0 fully saturated rings. The van der Waals surface area contributed by atoms with E-state index in [1.165, 1.54) is 4.16 Å². The van der Waals surface area contributed by atoms with Gasteiger partial charge < -0.3 is 0 Å². The van der Waals surface area contributed by atoms with Gasteiger partial charge in [0, 0.05) is 0 Å². The van der Waals surface area contributed by atoms with Gasteiger partial charge in [0.2, 0.25) is 0 Å². The van der Waals surface area contributed by atoms with Crippen LogP contribution in [0, 0.1) is 9.93 Å². The maximum atomic E-state index is 8.58. The van der Waals surface area contributed by atoms with Gasteiger partial charge in [0.05, 0.1) is 0 Å². The first-order chi connectivity index (χ1) is 4.84. The molecule has 1 aromatic rings. The van der Waals surface area contributed by atoms with E-state index < -0.39 is 14.0 Å². The molecule has 0 saturated carbocycles. The Balaban J connectivity index is 2.88. The fourth-order valence-electron chi connectivity index (χ4n) is 0.776. The topological polar surface area (TPSA) is 23.8 Å². The van der Waals surface area contributed by atoms with Crippen molar-refractivity contribution < 1.29 is 14.0 Å². The maximum absolute atomic E-state index is 8.58. The molecule has 10 heavy (non-hydrogen) atoms. The molecule has 0 aliphatic rings. The van der Waals surface area contributed by atoms with E-state index in [0.29, 0.717) is 0 Å². The predicted octanol–water partition coefficient (Wildman–Crippen LogP) is 1.72. The van der Waals surface area contributed by atoms with Crippen molar-refractivity contribution in [3.8, 4) is 4.66 Å². The summed E-state index contributed by atoms with van der Waals surface area (Å²) >= 11 is 1.39. The molecule has 0 bridgehead atoms. The van der Waals surface area contributed by atoms with Crippen LogP contribution in [0.1, 0.15) is 0 Å². The van der Waals surface area contributed by atoms with Crippen LogP contribution in [0.25, 0.3) is 0 Å². The van der Waals surface area contributed by atoms with Crippen LogP contribution < -0.4 is 4.16 Å². The van der Waals surface area contributed by atoms with E-state index in [2.05, 4.69) is 18.3 Å². The molecule has 0 saturated heterocycles. The monoisotopic (exact) mass is 246 g/mol. The van der Waals surface area contributed by atoms with E-state index in [1.54, 1.807) is 0 Å². The first-order valence-corrected chi connectivity index (χ1v) is 13.0. The van der Waals surface area contributed by atoms with Gasteiger partial charge >= 0.3 is 72.0 Å². The summed E-state index contributed by atoms with van der Waals surface area (Å²) in [6.07, 6.45) is 0. The third kappa shape index (κ3) is 1.90. The SMILES string of the molecule is N#[C][Zn]([Br])[c]1ccccc1. The molecule has 0 aliphatic carbocycles. The van der Waals surface area contributed by atoms with Gasteiger partial charge in [-0.05, 0) is 0 Å². The zero-order valence-electron chi connectivity index (χ0n) is 5.42. The Hall–Kier alpha value is -0.187. The Bertz CT molecular complexity index is 242. The summed E-state index contributed by atoms with van der Waals surface area (Å²) in [4.78, 5) is 0. The number of nitrogens with zero attached hydrogens (tertiary/aromatic N) is 1. The van der Waals surface area contributed by atoms with Crippen molar-refractivity contribution in [2.45, 2.75) is 0 Å². The normalized spacial score (nSPS) is 8.40. The van der Waals surface area contributed by atoms with Crippen LogP contribution in [0.15, 0.2) is 30.3 Å². The standard InChI is InChI=1S/C6H5.CN.BrH.Zn/c1-2-4-6-5-3-1;1-2;;/h1-5H;;1H;/q;;;+1/p-1. The predicted molar refractivity (Wildman–Crippen MR) is 40.6 cm³/mol. The Morgan fingerprint density at radius 1 is 1.30 bits per heavy atom. The molecule has 0 amide bonds. The number of hydrogen-bond donors (Lipinski definition) is 0. The fraction of sp³-hybridized carbons (Fsp3) is 0. The number of rotatable bonds is 1. The van der Waals surface area contributed by atoms with Gasteiger partial charge in [0.25, 0.3) is 0 Å². The molecule has 0 spiro atoms. The van der Waals surface area contributed by atoms with Gasteiger partial charge in [-0.25, -0.2) is 0 Å². The van der Waals surface area contributed by atoms with Gasteiger partial charge in [0.1, 0.15) is 0 Å². The molecule has 47 valence electrons. The molecule has 1 aromatic carbocycles. The van der Waals surface area contributed by atoms with E-state index >= 15 is 0 Å². The zero-order valence-corrected chi connectivity index (χ0v) is 9.97. The van der Waals surface area contributed by atoms with Gasteiger partial charge in [0.15, 0.2) is 0 Å². The quantitative estimate of drug-likeness (QED) is 0.694. The van der Waals surface area contributed by atoms with Crippen LogP contribution in [-0.4, -0.2) is 0 Å². The molecule has 0 heterocycles. The Labute approximate surface area is 71.9 Å². The third-order valence-electron chi connectivity index (χ3n) is 1.34. The molecule has 0 atom stereocenters. The zero-order chi connectivity index (χ0) is 7.40. The average molecular weight is 248 g/mol. The molecule has 0 unspecified atom stereocenters. The first kappa shape index (κ1) is 7.92. The fourth-order valence-corrected chi connectivity index (χ4v) is 4.54. The van der Waals surface area contributed by atoms with Gasteiger partial charge in [-0.1, -0.05) is 0 Å². The molecule has 0 aromatic heterocycles. The number of halogens is 1. The molecule has 0 N–H and O–H groups in total. The number of benzene rings is 1. The molecule has 0 aliphatic heterocycles. The van der Waals surface area contributed by atoms with Crippen LogP contribution in [-0.2, 0) is 14.0 Å². The summed E-state index contributed by atoms with van der Waals surface area (Å²) in [5.41, 5.74) is 0. The summed E-state index contributed by atoms with van der Waals surface area (Å²) in [5.74, 6) is 0. The molecular formula is C7H5BrNZn. The third-order valence-corrected chi connectivity index (χ3v) is 9.08. The summed E-state index contributed by atoms with van der Waals surface area (Å²) in [5, 5.41) is 8.58. The van der Waals surface area contributed by atoms with Crippen LogP contribution in [0.2, 0.25) is 0 Å². The Kier molecular flexibility index (Phi) is 3.05. The molecule has 0 radical (unpaired) electrons. The minimum atomic E-state index is -2.05. The first-order valence-electron chi connectivity index (χ1n) is 3.11. The van der Waals surface area contributed by atoms with Crippen LogP contribution in [0.5, 0.6) is 0 Å². The van der Waals surface area contributed by atoms with Crippen molar-refractivity contribution in [1.82, 2.24) is 0 Å². The van der Waals surface area contributed by atoms with Crippen molar-refractivity contribution in [2.75, 3.05) is 0 Å². The molecule has 1 nitrogen and oxygen atoms in total. The second kappa shape index (κ2) is 3.86. The van der Waals surface area contributed by atoms with Crippen molar-refractivity contribution in [2.24, 2.45) is 0 Å². The van der Waals surface area contributed by atoms with Crippen LogP contribution >= 0.6 is 13.6 Å². The van der Waals surface area contributed by atoms with Crippen molar-refractivity contribution in [1.29, 1.82) is 5.26 Å². The number of nitriles is 1. The molecular weight excluding hydrogens is 243 g/mol. The van der Waals surface area contributed by atoms with E-state index in [1.807, 2.05) is 30.3 Å². The van der Waals surface area contributed by atoms with E-state index in [0.717, 1.165) is 0 Å². The summed E-state index contributed by atoms with van der Waals surface area (Å²) in [6, 6.07) is 9.93. The van der Waals surface area contributed by atoms with E-state index in [-0.39, 0.29) is 0 Å². The van der Waals surface area contributed by atoms with E-state index in [4.69, 9.17) is 5.26 Å². The summed E-state index contributed by atoms with van der Waals surface area (Å²) in [6.45, 7) is 0. The van der Waals surface area contributed by atoms with Gasteiger partial charge in [-0.3, -0.25) is 0 Å². The Morgan fingerprint density at radius 3 is 2.40 bits per heavy atom. The average Bonchev–Trinajstić information content (AvgIpc) is 2.05. The van der Waals surface area contributed by atoms with Gasteiger partial charge in [-0.15, -0.1) is 0 Å². The summed E-state index contributed by atoms with van der Waals surface area (Å²) < 4.78 is 3.52. The summed E-state index contributed by atoms with van der Waals surface area (Å²) in [7, 11) is 0. The van der Waals surface area contributed by atoms with Crippen LogP contribution in [0.4, 0.5) is 0 Å². The van der Waals surface area contributed by atoms with Crippen molar-refractivity contribution in [3.63, 3.8) is 0 Å². The Morgan fingerprint density at radius 2 is 1.90 bits per heavy atom. The second-order valence-electron chi connectivity index (χ2n) is 2.09. The van der Waals surface area contributed by atoms with Crippen molar-refractivity contribution >= 4 is 17.8 Å². The molecule has 3 heteroatoms. The van der Waals surface area contributed by atoms with Crippen LogP contribution in [0.3, 0.4) is 0 Å². The minimum absolute atomic E-state index is 1.21.